The van der Waals surface area contributed by atoms with Crippen molar-refractivity contribution in [2.24, 2.45) is 13.0 Å². The molecule has 2 atom stereocenters. The Morgan fingerprint density at radius 2 is 2.40 bits per heavy atom. The van der Waals surface area contributed by atoms with Crippen molar-refractivity contribution in [3.8, 4) is 0 Å². The topological polar surface area (TPSA) is 55.6 Å². The zero-order valence-electron chi connectivity index (χ0n) is 9.48. The van der Waals surface area contributed by atoms with Crippen LogP contribution in [0.15, 0.2) is 0 Å². The summed E-state index contributed by atoms with van der Waals surface area (Å²) in [7, 11) is 1.81. The van der Waals surface area contributed by atoms with E-state index in [4.69, 9.17) is 0 Å². The van der Waals surface area contributed by atoms with Gasteiger partial charge in [0, 0.05) is 12.5 Å². The van der Waals surface area contributed by atoms with E-state index in [2.05, 4.69) is 27.7 Å². The predicted octanol–water partition coefficient (Wildman–Crippen LogP) is 0.531. The predicted molar refractivity (Wildman–Crippen MR) is 57.3 cm³/mol. The fourth-order valence-electron chi connectivity index (χ4n) is 2.25. The highest BCUT2D eigenvalue weighted by molar-refractivity contribution is 4.88. The fourth-order valence-corrected chi connectivity index (χ4v) is 2.25. The van der Waals surface area contributed by atoms with Crippen molar-refractivity contribution in [3.63, 3.8) is 0 Å². The molecule has 5 nitrogen and oxygen atoms in total. The Hall–Kier alpha value is -0.970. The van der Waals surface area contributed by atoms with Crippen LogP contribution in [0.5, 0.6) is 0 Å². The average Bonchev–Trinajstić information content (AvgIpc) is 2.64. The molecular formula is C10H19N5. The molecule has 2 heterocycles. The molecular weight excluding hydrogens is 190 g/mol. The highest BCUT2D eigenvalue weighted by Crippen LogP contribution is 2.20. The molecule has 0 saturated carbocycles. The van der Waals surface area contributed by atoms with Crippen LogP contribution in [-0.2, 0) is 13.5 Å². The van der Waals surface area contributed by atoms with Crippen molar-refractivity contribution in [2.45, 2.75) is 38.6 Å². The molecule has 0 amide bonds. The van der Waals surface area contributed by atoms with Crippen LogP contribution in [0.3, 0.4) is 0 Å². The first-order valence-electron chi connectivity index (χ1n) is 5.74. The normalized spacial score (nSPS) is 26.8. The van der Waals surface area contributed by atoms with Crippen LogP contribution in [0.2, 0.25) is 0 Å². The Bertz CT molecular complexity index is 309. The van der Waals surface area contributed by atoms with Gasteiger partial charge in [0.05, 0.1) is 7.05 Å². The molecule has 0 aromatic carbocycles. The van der Waals surface area contributed by atoms with Crippen molar-refractivity contribution < 1.29 is 0 Å². The van der Waals surface area contributed by atoms with Crippen molar-refractivity contribution in [1.82, 2.24) is 25.5 Å². The van der Waals surface area contributed by atoms with Gasteiger partial charge < -0.3 is 5.32 Å². The summed E-state index contributed by atoms with van der Waals surface area (Å²) in [5.74, 6) is 1.72. The van der Waals surface area contributed by atoms with E-state index >= 15 is 0 Å². The monoisotopic (exact) mass is 209 g/mol. The van der Waals surface area contributed by atoms with Gasteiger partial charge in [0.15, 0.2) is 5.82 Å². The highest BCUT2D eigenvalue weighted by atomic mass is 15.6. The first kappa shape index (κ1) is 10.5. The first-order valence-corrected chi connectivity index (χ1v) is 5.74. The molecule has 84 valence electrons. The van der Waals surface area contributed by atoms with Crippen LogP contribution in [0.25, 0.3) is 0 Å². The van der Waals surface area contributed by atoms with Crippen molar-refractivity contribution in [1.29, 1.82) is 0 Å². The molecule has 1 fully saturated rings. The minimum atomic E-state index is 0.535. The zero-order chi connectivity index (χ0) is 10.7. The third kappa shape index (κ3) is 2.75. The number of tetrazole rings is 1. The fraction of sp³-hybridized carbons (Fsp3) is 0.900. The van der Waals surface area contributed by atoms with Gasteiger partial charge in [-0.15, -0.1) is 10.2 Å². The van der Waals surface area contributed by atoms with Gasteiger partial charge in [0.25, 0.3) is 0 Å². The maximum absolute atomic E-state index is 4.21. The van der Waals surface area contributed by atoms with Gasteiger partial charge in [0.2, 0.25) is 0 Å². The average molecular weight is 209 g/mol. The van der Waals surface area contributed by atoms with E-state index in [0.717, 1.165) is 24.7 Å². The lowest BCUT2D eigenvalue weighted by molar-refractivity contribution is 0.291. The number of hydrogen-bond acceptors (Lipinski definition) is 4. The lowest BCUT2D eigenvalue weighted by Crippen LogP contribution is -2.39. The number of hydrogen-bond donors (Lipinski definition) is 1. The molecule has 15 heavy (non-hydrogen) atoms. The van der Waals surface area contributed by atoms with Crippen molar-refractivity contribution >= 4 is 0 Å². The Labute approximate surface area is 90.2 Å². The number of piperidine rings is 1. The van der Waals surface area contributed by atoms with Crippen LogP contribution < -0.4 is 5.32 Å². The SMILES string of the molecule is CCC1CCNC(Cc2nnn(C)n2)C1. The van der Waals surface area contributed by atoms with E-state index in [1.54, 1.807) is 7.05 Å². The van der Waals surface area contributed by atoms with Crippen LogP contribution in [0, 0.1) is 5.92 Å². The van der Waals surface area contributed by atoms with E-state index < -0.39 is 0 Å². The summed E-state index contributed by atoms with van der Waals surface area (Å²) in [6, 6.07) is 0.535. The Morgan fingerprint density at radius 1 is 1.53 bits per heavy atom. The van der Waals surface area contributed by atoms with Gasteiger partial charge in [-0.2, -0.15) is 4.80 Å². The maximum atomic E-state index is 4.21. The first-order chi connectivity index (χ1) is 7.28. The van der Waals surface area contributed by atoms with Crippen LogP contribution in [-0.4, -0.2) is 32.8 Å². The van der Waals surface area contributed by atoms with Gasteiger partial charge in [-0.25, -0.2) is 0 Å². The number of nitrogens with zero attached hydrogens (tertiary/aromatic N) is 4. The van der Waals surface area contributed by atoms with Crippen LogP contribution in [0.1, 0.15) is 32.0 Å². The zero-order valence-corrected chi connectivity index (χ0v) is 9.48. The third-order valence-electron chi connectivity index (χ3n) is 3.16. The lowest BCUT2D eigenvalue weighted by atomic mass is 9.89. The van der Waals surface area contributed by atoms with Crippen molar-refractivity contribution in [3.05, 3.63) is 5.82 Å². The molecule has 1 saturated heterocycles. The summed E-state index contributed by atoms with van der Waals surface area (Å²) in [5.41, 5.74) is 0. The third-order valence-corrected chi connectivity index (χ3v) is 3.16. The second-order valence-corrected chi connectivity index (χ2v) is 4.35. The quantitative estimate of drug-likeness (QED) is 0.789. The summed E-state index contributed by atoms with van der Waals surface area (Å²) in [6.07, 6.45) is 4.74. The number of rotatable bonds is 3. The summed E-state index contributed by atoms with van der Waals surface area (Å²) in [6.45, 7) is 3.40. The summed E-state index contributed by atoms with van der Waals surface area (Å²) < 4.78 is 0. The van der Waals surface area contributed by atoms with E-state index in [-0.39, 0.29) is 0 Å². The van der Waals surface area contributed by atoms with Gasteiger partial charge in [-0.3, -0.25) is 0 Å². The molecule has 1 N–H and O–H groups in total. The van der Waals surface area contributed by atoms with Crippen LogP contribution >= 0.6 is 0 Å². The Kier molecular flexibility index (Phi) is 3.30. The Balaban J connectivity index is 1.88. The van der Waals surface area contributed by atoms with Gasteiger partial charge in [-0.05, 0) is 30.5 Å². The molecule has 1 aliphatic rings. The smallest absolute Gasteiger partial charge is 0.176 e. The maximum Gasteiger partial charge on any atom is 0.176 e. The molecule has 0 spiro atoms. The lowest BCUT2D eigenvalue weighted by Gasteiger charge is -2.28. The summed E-state index contributed by atoms with van der Waals surface area (Å²) in [4.78, 5) is 1.52. The molecule has 5 heteroatoms. The minimum absolute atomic E-state index is 0.535. The molecule has 2 rings (SSSR count). The molecule has 1 aliphatic heterocycles. The molecule has 1 aromatic rings. The summed E-state index contributed by atoms with van der Waals surface area (Å²) in [5, 5.41) is 15.6. The molecule has 2 unspecified atom stereocenters. The summed E-state index contributed by atoms with van der Waals surface area (Å²) >= 11 is 0. The van der Waals surface area contributed by atoms with E-state index in [1.165, 1.54) is 24.1 Å². The van der Waals surface area contributed by atoms with Gasteiger partial charge in [0.1, 0.15) is 0 Å². The molecule has 0 radical (unpaired) electrons. The van der Waals surface area contributed by atoms with Gasteiger partial charge in [-0.1, -0.05) is 13.3 Å². The van der Waals surface area contributed by atoms with E-state index in [9.17, 15) is 0 Å². The Morgan fingerprint density at radius 3 is 3.07 bits per heavy atom. The van der Waals surface area contributed by atoms with Gasteiger partial charge >= 0.3 is 0 Å². The standard InChI is InChI=1S/C10H19N5/c1-3-8-4-5-11-9(6-8)7-10-12-14-15(2)13-10/h8-9,11H,3-7H2,1-2H3. The number of nitrogens with one attached hydrogen (secondary N) is 1. The van der Waals surface area contributed by atoms with Crippen molar-refractivity contribution in [2.75, 3.05) is 6.54 Å². The molecule has 0 bridgehead atoms. The minimum Gasteiger partial charge on any atom is -0.314 e. The second kappa shape index (κ2) is 4.70. The molecule has 0 aliphatic carbocycles. The largest absolute Gasteiger partial charge is 0.314 e. The number of aryl methyl sites for hydroxylation is 1. The number of aromatic nitrogens is 4. The highest BCUT2D eigenvalue weighted by Gasteiger charge is 2.21. The second-order valence-electron chi connectivity index (χ2n) is 4.35. The van der Waals surface area contributed by atoms with Crippen LogP contribution in [0.4, 0.5) is 0 Å². The van der Waals surface area contributed by atoms with E-state index in [1.807, 2.05) is 0 Å². The molecule has 1 aromatic heterocycles. The van der Waals surface area contributed by atoms with E-state index in [0.29, 0.717) is 6.04 Å².